The average Bonchev–Trinajstić information content (AvgIpc) is 1.21. The van der Waals surface area contributed by atoms with E-state index in [1.54, 1.807) is 24.3 Å². The molecule has 6 aliphatic carbocycles. The summed E-state index contributed by atoms with van der Waals surface area (Å²) in [6.45, 7) is -12.9. The van der Waals surface area contributed by atoms with Crippen LogP contribution in [0, 0.1) is 0 Å². The van der Waals surface area contributed by atoms with Gasteiger partial charge >= 0.3 is 674 Å². The molecule has 0 saturated heterocycles. The van der Waals surface area contributed by atoms with Gasteiger partial charge in [0.15, 0.2) is 0 Å². The van der Waals surface area contributed by atoms with Crippen LogP contribution in [0.25, 0.3) is 36.5 Å². The molecule has 0 spiro atoms. The Morgan fingerprint density at radius 2 is 0.466 bits per heavy atom. The molecular weight excluding hydrogens is 1490 g/mol. The predicted octanol–water partition coefficient (Wildman–Crippen LogP) is 27.3. The van der Waals surface area contributed by atoms with Crippen LogP contribution in [0.15, 0.2) is 382 Å². The first-order valence-corrected chi connectivity index (χ1v) is 43.7. The van der Waals surface area contributed by atoms with Gasteiger partial charge in [0.25, 0.3) is 0 Å². The van der Waals surface area contributed by atoms with Crippen molar-refractivity contribution in [2.45, 2.75) is 56.6 Å². The SMILES string of the molecule is O=C(c1ccccc1)C(c1ccccc1)(c1ccccc1)P(OB(Oc1cc(C(F)(F)F)cc(C(F)(F)F)c1)OP(C1C=Cc2ccccc21)(C1C=Cc2ccccc21)(C1C=Cc2ccccc21)C(C(=O)c1ccccc1)(c1ccccc1)c1ccccc1)(C1C=Cc2ccccc21)(C1C=Cc2ccccc21)C1C=Cc2ccccc21. The van der Waals surface area contributed by atoms with Gasteiger partial charge in [-0.05, 0) is 0 Å². The molecule has 6 atom stereocenters. The van der Waals surface area contributed by atoms with Gasteiger partial charge in [0.05, 0.1) is 0 Å². The predicted molar refractivity (Wildman–Crippen MR) is 457 cm³/mol. The number of Topliss-reactive ketones (excluding diaryl/α,β-unsaturated/α-hetero) is 2. The molecule has 0 aromatic heterocycles. The number of hydrogen-bond donors (Lipinski definition) is 0. The topological polar surface area (TPSA) is 61.8 Å². The summed E-state index contributed by atoms with van der Waals surface area (Å²) in [5, 5.41) is -4.58. The Morgan fingerprint density at radius 3 is 0.690 bits per heavy atom. The number of rotatable bonds is 22. The Hall–Kier alpha value is -12.1. The summed E-state index contributed by atoms with van der Waals surface area (Å²) in [4.78, 5) is 38.8. The molecule has 0 radical (unpaired) electrons. The maximum atomic E-state index is 19.4. The fourth-order valence-electron chi connectivity index (χ4n) is 21.3. The fourth-order valence-corrected chi connectivity index (χ4v) is 39.4. The van der Waals surface area contributed by atoms with Crippen molar-refractivity contribution >= 4 is 69.0 Å². The Morgan fingerprint density at radius 1 is 0.259 bits per heavy atom. The van der Waals surface area contributed by atoms with E-state index in [4.69, 9.17) is 4.65 Å². The van der Waals surface area contributed by atoms with Gasteiger partial charge in [-0.15, -0.1) is 0 Å². The van der Waals surface area contributed by atoms with Gasteiger partial charge in [0.1, 0.15) is 0 Å². The number of carbonyl (C=O) groups is 2. The molecule has 0 aliphatic heterocycles. The number of hydrogen-bond acceptors (Lipinski definition) is 5. The standard InChI is InChI=1S/C102H75BF6O5P2/c104-101(105,106)82-67-83(102(107,108)109)69-84(68-82)112-103(113-115(91-61-55-70-31-19-25-49-85(70)91,92-62-56-71-32-20-26-50-86(71)92,93-63-57-72-33-21-27-51-87(72)93)99(78-41-11-3-12-42-78,79-43-13-4-14-44-79)97(110)76-37-7-1-8-38-76)114-116(94-64-58-73-34-22-28-52-88(73)94,95-65-59-74-35-23-29-53-89(74)95,96-66-60-75-36-24-30-54-90(75)96)100(80-45-15-5-16-46-80,81-47-17-6-18-48-81)98(111)77-39-9-2-10-40-77/h1-69,91-96H. The van der Waals surface area contributed by atoms with E-state index in [0.29, 0.717) is 67.8 Å². The number of allylic oxidation sites excluding steroid dienone is 6. The number of carbonyl (C=O) groups excluding carboxylic acids is 2. The van der Waals surface area contributed by atoms with Gasteiger partial charge in [0, 0.05) is 0 Å². The van der Waals surface area contributed by atoms with E-state index in [2.05, 4.69) is 36.5 Å². The summed E-state index contributed by atoms with van der Waals surface area (Å²) < 4.78 is 128. The molecule has 116 heavy (non-hydrogen) atoms. The summed E-state index contributed by atoms with van der Waals surface area (Å²) in [6, 6.07) is 105. The number of alkyl halides is 6. The first kappa shape index (κ1) is 74.0. The Balaban J connectivity index is 1.12. The normalized spacial score (nSPS) is 18.7. The van der Waals surface area contributed by atoms with E-state index in [1.165, 1.54) is 0 Å². The van der Waals surface area contributed by atoms with Gasteiger partial charge in [-0.3, -0.25) is 0 Å². The molecule has 13 aromatic rings. The van der Waals surface area contributed by atoms with Crippen LogP contribution in [0.1, 0.15) is 155 Å². The molecule has 568 valence electrons. The molecule has 0 fully saturated rings. The monoisotopic (exact) mass is 1570 g/mol. The molecule has 0 bridgehead atoms. The van der Waals surface area contributed by atoms with Crippen LogP contribution in [0.5, 0.6) is 5.75 Å². The van der Waals surface area contributed by atoms with Crippen LogP contribution >= 0.6 is 13.7 Å². The summed E-state index contributed by atoms with van der Waals surface area (Å²) in [5.41, 5.74) is 0.539. The van der Waals surface area contributed by atoms with E-state index in [1.807, 2.05) is 340 Å². The minimum atomic E-state index is -6.45. The van der Waals surface area contributed by atoms with Crippen molar-refractivity contribution in [2.24, 2.45) is 0 Å². The van der Waals surface area contributed by atoms with Crippen LogP contribution in [0.2, 0.25) is 0 Å². The van der Waals surface area contributed by atoms with E-state index < -0.39 is 106 Å². The number of halogens is 6. The molecule has 0 N–H and O–H groups in total. The first-order valence-electron chi connectivity index (χ1n) is 38.9. The molecule has 14 heteroatoms. The van der Waals surface area contributed by atoms with E-state index in [-0.39, 0.29) is 17.2 Å². The van der Waals surface area contributed by atoms with Gasteiger partial charge < -0.3 is 0 Å². The number of ketones is 2. The zero-order chi connectivity index (χ0) is 79.1. The molecule has 5 nitrogen and oxygen atoms in total. The fraction of sp³-hybridized carbons (Fsp3) is 0.0980. The summed E-state index contributed by atoms with van der Waals surface area (Å²) >= 11 is 0. The van der Waals surface area contributed by atoms with Crippen LogP contribution in [0.3, 0.4) is 0 Å². The second-order valence-electron chi connectivity index (χ2n) is 30.7. The Kier molecular flexibility index (Phi) is 18.1. The van der Waals surface area contributed by atoms with Crippen molar-refractivity contribution < 1.29 is 49.5 Å². The van der Waals surface area contributed by atoms with E-state index in [9.17, 15) is 8.88 Å². The molecular formula is C102H75BF6O5P2. The third kappa shape index (κ3) is 10.7. The van der Waals surface area contributed by atoms with Crippen molar-refractivity contribution in [3.05, 3.63) is 494 Å². The third-order valence-electron chi connectivity index (χ3n) is 25.4. The van der Waals surface area contributed by atoms with Crippen molar-refractivity contribution in [3.63, 3.8) is 0 Å². The van der Waals surface area contributed by atoms with Gasteiger partial charge in [-0.2, -0.15) is 0 Å². The minimum absolute atomic E-state index is 0.0911. The zero-order valence-electron chi connectivity index (χ0n) is 62.6. The van der Waals surface area contributed by atoms with Crippen molar-refractivity contribution in [3.8, 4) is 5.75 Å². The van der Waals surface area contributed by atoms with Crippen LogP contribution in [-0.4, -0.2) is 18.9 Å². The maximum absolute atomic E-state index is 19.4. The summed E-state index contributed by atoms with van der Waals surface area (Å²) in [7, 11) is -2.67. The van der Waals surface area contributed by atoms with Crippen molar-refractivity contribution in [1.82, 2.24) is 0 Å². The molecule has 0 saturated carbocycles. The van der Waals surface area contributed by atoms with E-state index >= 15 is 35.9 Å². The molecule has 0 amide bonds. The molecule has 13 aromatic carbocycles. The third-order valence-corrected chi connectivity index (χ3v) is 40.6. The number of fused-ring (bicyclic) bond motifs is 6. The van der Waals surface area contributed by atoms with Crippen LogP contribution in [0.4, 0.5) is 26.3 Å². The zero-order valence-corrected chi connectivity index (χ0v) is 64.4. The molecule has 19 rings (SSSR count). The molecule has 6 unspecified atom stereocenters. The Labute approximate surface area is 670 Å². The van der Waals surface area contributed by atoms with Crippen molar-refractivity contribution in [1.29, 1.82) is 0 Å². The van der Waals surface area contributed by atoms with E-state index in [0.717, 1.165) is 33.4 Å². The average molecular weight is 1570 g/mol. The first-order chi connectivity index (χ1) is 56.5. The van der Waals surface area contributed by atoms with Gasteiger partial charge in [-0.25, -0.2) is 0 Å². The second-order valence-corrected chi connectivity index (χ2v) is 40.8. The van der Waals surface area contributed by atoms with Gasteiger partial charge in [-0.1, -0.05) is 0 Å². The summed E-state index contributed by atoms with van der Waals surface area (Å²) in [6.07, 6.45) is 14.1. The Bertz CT molecular complexity index is 5450. The molecule has 0 heterocycles. The summed E-state index contributed by atoms with van der Waals surface area (Å²) in [5.74, 6) is -1.85. The second kappa shape index (κ2) is 28.4. The number of benzene rings is 13. The van der Waals surface area contributed by atoms with Crippen LogP contribution < -0.4 is 4.65 Å². The van der Waals surface area contributed by atoms with Gasteiger partial charge in [0.2, 0.25) is 0 Å². The quantitative estimate of drug-likeness (QED) is 0.0293. The molecule has 6 aliphatic rings. The van der Waals surface area contributed by atoms with Crippen molar-refractivity contribution in [2.75, 3.05) is 0 Å². The van der Waals surface area contributed by atoms with Crippen LogP contribution in [-0.2, 0) is 31.5 Å².